The maximum absolute atomic E-state index is 13.4. The molecule has 2 aromatic heterocycles. The number of rotatable bonds is 5. The summed E-state index contributed by atoms with van der Waals surface area (Å²) in [4.78, 5) is 28.1. The number of thiazole rings is 1. The number of carbonyl (C=O) groups excluding carboxylic acids is 1. The zero-order chi connectivity index (χ0) is 22.3. The first-order valence-electron chi connectivity index (χ1n) is 9.17. The Morgan fingerprint density at radius 3 is 2.32 bits per heavy atom. The number of carbonyl (C=O) groups is 1. The van der Waals surface area contributed by atoms with Crippen LogP contribution in [0.25, 0.3) is 11.0 Å². The summed E-state index contributed by atoms with van der Waals surface area (Å²) < 4.78 is 28.3. The van der Waals surface area contributed by atoms with Crippen molar-refractivity contribution < 1.29 is 13.2 Å². The number of hydrogen-bond acceptors (Lipinski definition) is 6. The van der Waals surface area contributed by atoms with E-state index in [4.69, 9.17) is 11.6 Å². The van der Waals surface area contributed by atoms with Gasteiger partial charge in [0.1, 0.15) is 14.3 Å². The summed E-state index contributed by atoms with van der Waals surface area (Å²) in [6.45, 7) is 0. The van der Waals surface area contributed by atoms with Gasteiger partial charge < -0.3 is 4.90 Å². The average Bonchev–Trinajstić information content (AvgIpc) is 3.26. The second-order valence-corrected chi connectivity index (χ2v) is 10.4. The molecule has 2 heterocycles. The summed E-state index contributed by atoms with van der Waals surface area (Å²) in [5, 5.41) is 0.404. The van der Waals surface area contributed by atoms with Crippen molar-refractivity contribution in [3.63, 3.8) is 0 Å². The standard InChI is InChI=1S/C22H17ClN2O4S2/c1-24(2)13-18-21(27)25-17(20(26)14-6-4-3-5-7-14)12-19(22(25)30-18)31(28,29)16-10-8-15(23)9-11-16/h3-13H,1-2H3/b18-13-. The van der Waals surface area contributed by atoms with Crippen molar-refractivity contribution in [2.45, 2.75) is 9.79 Å². The van der Waals surface area contributed by atoms with E-state index in [2.05, 4.69) is 0 Å². The monoisotopic (exact) mass is 472 g/mol. The molecule has 4 rings (SSSR count). The van der Waals surface area contributed by atoms with E-state index >= 15 is 0 Å². The third-order valence-electron chi connectivity index (χ3n) is 4.60. The number of benzene rings is 2. The Bertz CT molecular complexity index is 1500. The van der Waals surface area contributed by atoms with Crippen LogP contribution in [-0.2, 0) is 9.84 Å². The molecule has 0 saturated heterocycles. The average molecular weight is 473 g/mol. The highest BCUT2D eigenvalue weighted by atomic mass is 35.5. The molecule has 0 aliphatic carbocycles. The van der Waals surface area contributed by atoms with E-state index in [1.807, 2.05) is 0 Å². The van der Waals surface area contributed by atoms with Crippen molar-refractivity contribution in [3.05, 3.63) is 91.8 Å². The smallest absolute Gasteiger partial charge is 0.275 e. The molecule has 0 N–H and O–H groups in total. The number of sulfone groups is 1. The molecule has 0 saturated carbocycles. The first-order valence-corrected chi connectivity index (χ1v) is 11.8. The van der Waals surface area contributed by atoms with E-state index in [9.17, 15) is 18.0 Å². The predicted molar refractivity (Wildman–Crippen MR) is 122 cm³/mol. The lowest BCUT2D eigenvalue weighted by Crippen LogP contribution is -2.27. The van der Waals surface area contributed by atoms with E-state index in [0.29, 0.717) is 15.1 Å². The summed E-state index contributed by atoms with van der Waals surface area (Å²) >= 11 is 6.93. The van der Waals surface area contributed by atoms with Gasteiger partial charge in [-0.2, -0.15) is 0 Å². The van der Waals surface area contributed by atoms with Crippen molar-refractivity contribution in [1.82, 2.24) is 9.30 Å². The van der Waals surface area contributed by atoms with Gasteiger partial charge in [-0.05, 0) is 30.3 Å². The number of fused-ring (bicyclic) bond motifs is 1. The molecule has 0 spiro atoms. The fraction of sp³-hybridized carbons (Fsp3) is 0.0909. The normalized spacial score (nSPS) is 12.4. The minimum absolute atomic E-state index is 0.00777. The summed E-state index contributed by atoms with van der Waals surface area (Å²) in [6.07, 6.45) is 1.61. The van der Waals surface area contributed by atoms with Gasteiger partial charge in [0, 0.05) is 30.9 Å². The summed E-state index contributed by atoms with van der Waals surface area (Å²) in [6, 6.07) is 15.5. The predicted octanol–water partition coefficient (Wildman–Crippen LogP) is 3.10. The zero-order valence-corrected chi connectivity index (χ0v) is 19.0. The molecular formula is C22H17ClN2O4S2. The van der Waals surface area contributed by atoms with Gasteiger partial charge in [-0.3, -0.25) is 14.0 Å². The highest BCUT2D eigenvalue weighted by Crippen LogP contribution is 2.30. The Balaban J connectivity index is 2.04. The van der Waals surface area contributed by atoms with Crippen LogP contribution in [0.2, 0.25) is 5.02 Å². The van der Waals surface area contributed by atoms with Crippen molar-refractivity contribution in [2.75, 3.05) is 14.1 Å². The first kappa shape index (κ1) is 21.3. The van der Waals surface area contributed by atoms with Crippen molar-refractivity contribution in [3.8, 4) is 0 Å². The van der Waals surface area contributed by atoms with Crippen LogP contribution < -0.4 is 10.1 Å². The van der Waals surface area contributed by atoms with Gasteiger partial charge in [-0.1, -0.05) is 41.9 Å². The van der Waals surface area contributed by atoms with Crippen LogP contribution in [0.5, 0.6) is 0 Å². The highest BCUT2D eigenvalue weighted by molar-refractivity contribution is 7.91. The van der Waals surface area contributed by atoms with Gasteiger partial charge in [0.2, 0.25) is 15.6 Å². The molecule has 6 nitrogen and oxygen atoms in total. The Morgan fingerprint density at radius 1 is 1.06 bits per heavy atom. The number of aromatic nitrogens is 1. The SMILES string of the molecule is CN(C)/C=c1\sc2c(S(=O)(=O)c3ccc(Cl)cc3)cc(C(=O)c3ccccc3)n2c1=O. The molecule has 0 amide bonds. The van der Waals surface area contributed by atoms with E-state index in [1.165, 1.54) is 34.7 Å². The molecule has 0 aliphatic rings. The summed E-state index contributed by atoms with van der Waals surface area (Å²) in [5.74, 6) is -0.431. The Kier molecular flexibility index (Phi) is 5.47. The van der Waals surface area contributed by atoms with Gasteiger partial charge >= 0.3 is 0 Å². The first-order chi connectivity index (χ1) is 14.7. The number of nitrogens with zero attached hydrogens (tertiary/aromatic N) is 2. The minimum atomic E-state index is -4.00. The van der Waals surface area contributed by atoms with E-state index in [0.717, 1.165) is 11.3 Å². The lowest BCUT2D eigenvalue weighted by atomic mass is 10.1. The largest absolute Gasteiger partial charge is 0.382 e. The molecule has 158 valence electrons. The molecule has 0 radical (unpaired) electrons. The molecule has 0 fully saturated rings. The fourth-order valence-electron chi connectivity index (χ4n) is 3.18. The molecule has 4 aromatic rings. The Labute approximate surface area is 187 Å². The van der Waals surface area contributed by atoms with Crippen LogP contribution in [0.4, 0.5) is 0 Å². The van der Waals surface area contributed by atoms with E-state index in [1.54, 1.807) is 55.5 Å². The third-order valence-corrected chi connectivity index (χ3v) is 7.86. The van der Waals surface area contributed by atoms with Crippen LogP contribution in [0.3, 0.4) is 0 Å². The fourth-order valence-corrected chi connectivity index (χ4v) is 6.18. The lowest BCUT2D eigenvalue weighted by molar-refractivity contribution is 0.103. The second kappa shape index (κ2) is 7.96. The van der Waals surface area contributed by atoms with Gasteiger partial charge in [-0.15, -0.1) is 11.3 Å². The summed E-state index contributed by atoms with van der Waals surface area (Å²) in [5.41, 5.74) is -0.0694. The third kappa shape index (κ3) is 3.78. The highest BCUT2D eigenvalue weighted by Gasteiger charge is 2.29. The van der Waals surface area contributed by atoms with Crippen LogP contribution in [0.1, 0.15) is 16.1 Å². The van der Waals surface area contributed by atoms with Crippen molar-refractivity contribution in [1.29, 1.82) is 0 Å². The molecule has 0 aliphatic heterocycles. The molecule has 9 heteroatoms. The maximum atomic E-state index is 13.4. The van der Waals surface area contributed by atoms with Gasteiger partial charge in [0.25, 0.3) is 5.56 Å². The topological polar surface area (TPSA) is 75.9 Å². The van der Waals surface area contributed by atoms with Gasteiger partial charge in [0.15, 0.2) is 0 Å². The Hall–Kier alpha value is -2.94. The van der Waals surface area contributed by atoms with E-state index in [-0.39, 0.29) is 20.3 Å². The minimum Gasteiger partial charge on any atom is -0.382 e. The molecular weight excluding hydrogens is 456 g/mol. The lowest BCUT2D eigenvalue weighted by Gasteiger charge is -2.02. The molecule has 0 bridgehead atoms. The molecule has 0 atom stereocenters. The number of hydrogen-bond donors (Lipinski definition) is 0. The van der Waals surface area contributed by atoms with Crippen LogP contribution >= 0.6 is 22.9 Å². The van der Waals surface area contributed by atoms with Crippen LogP contribution in [0, 0.1) is 0 Å². The second-order valence-electron chi connectivity index (χ2n) is 7.05. The van der Waals surface area contributed by atoms with Crippen molar-refractivity contribution >= 4 is 49.6 Å². The van der Waals surface area contributed by atoms with Gasteiger partial charge in [-0.25, -0.2) is 8.42 Å². The molecule has 2 aromatic carbocycles. The van der Waals surface area contributed by atoms with Crippen LogP contribution in [-0.4, -0.2) is 37.6 Å². The number of halogens is 1. The zero-order valence-electron chi connectivity index (χ0n) is 16.6. The van der Waals surface area contributed by atoms with Crippen LogP contribution in [0.15, 0.2) is 75.2 Å². The van der Waals surface area contributed by atoms with Gasteiger partial charge in [0.05, 0.1) is 10.6 Å². The quantitative estimate of drug-likeness (QED) is 0.417. The maximum Gasteiger partial charge on any atom is 0.275 e. The van der Waals surface area contributed by atoms with Crippen molar-refractivity contribution in [2.24, 2.45) is 0 Å². The summed E-state index contributed by atoms with van der Waals surface area (Å²) in [7, 11) is -0.477. The van der Waals surface area contributed by atoms with E-state index < -0.39 is 21.2 Å². The molecule has 0 unspecified atom stereocenters. The Morgan fingerprint density at radius 2 is 1.71 bits per heavy atom. The molecule has 31 heavy (non-hydrogen) atoms. The number of ketones is 1.